The molecule has 0 radical (unpaired) electrons. The smallest absolute Gasteiger partial charge is 0.233 e. The Kier molecular flexibility index (Phi) is 2.19. The van der Waals surface area contributed by atoms with Crippen LogP contribution in [0.3, 0.4) is 0 Å². The lowest BCUT2D eigenvalue weighted by molar-refractivity contribution is -0.122. The number of hydrogen-bond acceptors (Lipinski definition) is 3. The van der Waals surface area contributed by atoms with Crippen molar-refractivity contribution < 1.29 is 4.79 Å². The summed E-state index contributed by atoms with van der Waals surface area (Å²) in [5.41, 5.74) is 8.54. The van der Waals surface area contributed by atoms with Crippen molar-refractivity contribution in [2.75, 3.05) is 18.0 Å². The molecule has 2 unspecified atom stereocenters. The molecule has 3 rings (SSSR count). The lowest BCUT2D eigenvalue weighted by Gasteiger charge is -2.35. The Balaban J connectivity index is 2.14. The molecule has 0 aromatic heterocycles. The van der Waals surface area contributed by atoms with Crippen molar-refractivity contribution in [3.63, 3.8) is 0 Å². The molecule has 2 atom stereocenters. The first-order chi connectivity index (χ1) is 7.83. The van der Waals surface area contributed by atoms with Gasteiger partial charge in [-0.2, -0.15) is 0 Å². The fourth-order valence-corrected chi connectivity index (χ4v) is 2.66. The predicted octanol–water partition coefficient (Wildman–Crippen LogP) is 0.818. The van der Waals surface area contributed by atoms with Crippen molar-refractivity contribution in [3.05, 3.63) is 29.8 Å². The Morgan fingerprint density at radius 3 is 3.06 bits per heavy atom. The van der Waals surface area contributed by atoms with Crippen molar-refractivity contribution in [1.82, 2.24) is 10.9 Å². The van der Waals surface area contributed by atoms with Crippen LogP contribution in [0, 0.1) is 5.92 Å². The Labute approximate surface area is 94.6 Å². The minimum absolute atomic E-state index is 0.0369. The Hall–Kier alpha value is -1.39. The molecule has 1 aromatic carbocycles. The molecule has 0 spiro atoms. The number of carbonyl (C=O) groups excluding carboxylic acids is 1. The molecule has 1 amide bonds. The molecule has 0 aliphatic carbocycles. The number of nitrogens with one attached hydrogen (secondary N) is 2. The van der Waals surface area contributed by atoms with Gasteiger partial charge in [-0.3, -0.25) is 10.2 Å². The number of hydrogen-bond donors (Lipinski definition) is 2. The number of benzene rings is 1. The van der Waals surface area contributed by atoms with Gasteiger partial charge in [0.2, 0.25) is 5.91 Å². The van der Waals surface area contributed by atoms with Crippen LogP contribution in [-0.2, 0) is 4.79 Å². The summed E-state index contributed by atoms with van der Waals surface area (Å²) in [6.45, 7) is 3.47. The fraction of sp³-hybridized carbons (Fsp3) is 0.417. The molecule has 1 saturated heterocycles. The van der Waals surface area contributed by atoms with E-state index in [1.807, 2.05) is 30.0 Å². The van der Waals surface area contributed by atoms with E-state index >= 15 is 0 Å². The van der Waals surface area contributed by atoms with Crippen molar-refractivity contribution in [2.45, 2.75) is 13.0 Å². The minimum Gasteiger partial charge on any atom is -0.312 e. The number of nitrogens with zero attached hydrogens (tertiary/aromatic N) is 1. The topological polar surface area (TPSA) is 44.4 Å². The maximum Gasteiger partial charge on any atom is 0.233 e. The number of fused-ring (bicyclic) bond motifs is 3. The average Bonchev–Trinajstić information content (AvgIpc) is 2.79. The summed E-state index contributed by atoms with van der Waals surface area (Å²) in [4.78, 5) is 14.1. The van der Waals surface area contributed by atoms with E-state index in [-0.39, 0.29) is 17.9 Å². The highest BCUT2D eigenvalue weighted by atomic mass is 16.2. The molecule has 2 heterocycles. The lowest BCUT2D eigenvalue weighted by atomic mass is 9.88. The Bertz CT molecular complexity index is 432. The van der Waals surface area contributed by atoms with Crippen LogP contribution in [0.25, 0.3) is 0 Å². The van der Waals surface area contributed by atoms with E-state index in [0.29, 0.717) is 6.54 Å². The van der Waals surface area contributed by atoms with Crippen LogP contribution in [0.2, 0.25) is 0 Å². The zero-order chi connectivity index (χ0) is 11.1. The summed E-state index contributed by atoms with van der Waals surface area (Å²) in [7, 11) is 0. The van der Waals surface area contributed by atoms with E-state index in [9.17, 15) is 4.79 Å². The van der Waals surface area contributed by atoms with Gasteiger partial charge in [0.1, 0.15) is 0 Å². The summed E-state index contributed by atoms with van der Waals surface area (Å²) in [6.07, 6.45) is 0. The molecular weight excluding hydrogens is 202 g/mol. The second-order valence-electron chi connectivity index (χ2n) is 4.25. The van der Waals surface area contributed by atoms with Gasteiger partial charge in [0.05, 0.1) is 12.0 Å². The molecule has 84 valence electrons. The molecule has 2 aliphatic heterocycles. The second kappa shape index (κ2) is 3.57. The molecular formula is C12H15N3O. The van der Waals surface area contributed by atoms with Gasteiger partial charge in [0.15, 0.2) is 0 Å². The standard InChI is InChI=1S/C12H15N3O/c1-2-15-10-6-4-3-5-8(10)11-9(12(15)16)7-13-14-11/h3-6,9,11,13-14H,2,7H2,1H3. The SMILES string of the molecule is CCN1C(=O)C2CNNC2c2ccccc21. The quantitative estimate of drug-likeness (QED) is 0.732. The van der Waals surface area contributed by atoms with Crippen LogP contribution in [0.5, 0.6) is 0 Å². The van der Waals surface area contributed by atoms with Gasteiger partial charge in [0, 0.05) is 18.8 Å². The van der Waals surface area contributed by atoms with Crippen LogP contribution in [0.1, 0.15) is 18.5 Å². The molecule has 0 saturated carbocycles. The van der Waals surface area contributed by atoms with Gasteiger partial charge in [-0.25, -0.2) is 5.43 Å². The minimum atomic E-state index is 0.0369. The number of hydrazine groups is 1. The maximum absolute atomic E-state index is 12.2. The molecule has 4 heteroatoms. The summed E-state index contributed by atoms with van der Waals surface area (Å²) >= 11 is 0. The molecule has 1 aromatic rings. The normalized spacial score (nSPS) is 27.8. The van der Waals surface area contributed by atoms with E-state index in [1.54, 1.807) is 0 Å². The van der Waals surface area contributed by atoms with Crippen LogP contribution in [0.4, 0.5) is 5.69 Å². The largest absolute Gasteiger partial charge is 0.312 e. The van der Waals surface area contributed by atoms with E-state index < -0.39 is 0 Å². The molecule has 2 aliphatic rings. The first kappa shape index (κ1) is 9.81. The first-order valence-electron chi connectivity index (χ1n) is 5.71. The third kappa shape index (κ3) is 1.20. The van der Waals surface area contributed by atoms with Gasteiger partial charge in [0.25, 0.3) is 0 Å². The van der Waals surface area contributed by atoms with E-state index in [1.165, 1.54) is 5.56 Å². The molecule has 2 N–H and O–H groups in total. The zero-order valence-corrected chi connectivity index (χ0v) is 9.23. The van der Waals surface area contributed by atoms with Gasteiger partial charge < -0.3 is 4.90 Å². The van der Waals surface area contributed by atoms with Gasteiger partial charge in [-0.1, -0.05) is 18.2 Å². The number of carbonyl (C=O) groups is 1. The van der Waals surface area contributed by atoms with Crippen LogP contribution >= 0.6 is 0 Å². The number of para-hydroxylation sites is 1. The molecule has 1 fully saturated rings. The summed E-state index contributed by atoms with van der Waals surface area (Å²) < 4.78 is 0. The fourth-order valence-electron chi connectivity index (χ4n) is 2.66. The van der Waals surface area contributed by atoms with E-state index in [2.05, 4.69) is 16.9 Å². The average molecular weight is 217 g/mol. The summed E-state index contributed by atoms with van der Waals surface area (Å²) in [5, 5.41) is 0. The Morgan fingerprint density at radius 2 is 2.25 bits per heavy atom. The number of anilines is 1. The first-order valence-corrected chi connectivity index (χ1v) is 5.71. The maximum atomic E-state index is 12.2. The lowest BCUT2D eigenvalue weighted by Crippen LogP contribution is -2.44. The highest BCUT2D eigenvalue weighted by molar-refractivity contribution is 5.99. The molecule has 4 nitrogen and oxygen atoms in total. The van der Waals surface area contributed by atoms with Crippen molar-refractivity contribution in [2.24, 2.45) is 5.92 Å². The summed E-state index contributed by atoms with van der Waals surface area (Å²) in [5.74, 6) is 0.263. The monoisotopic (exact) mass is 217 g/mol. The van der Waals surface area contributed by atoms with Crippen molar-refractivity contribution in [1.29, 1.82) is 0 Å². The second-order valence-corrected chi connectivity index (χ2v) is 4.25. The highest BCUT2D eigenvalue weighted by Gasteiger charge is 2.42. The zero-order valence-electron chi connectivity index (χ0n) is 9.23. The van der Waals surface area contributed by atoms with Gasteiger partial charge in [-0.15, -0.1) is 0 Å². The van der Waals surface area contributed by atoms with Crippen LogP contribution in [0.15, 0.2) is 24.3 Å². The van der Waals surface area contributed by atoms with Crippen LogP contribution < -0.4 is 15.8 Å². The Morgan fingerprint density at radius 1 is 1.44 bits per heavy atom. The highest BCUT2D eigenvalue weighted by Crippen LogP contribution is 2.38. The van der Waals surface area contributed by atoms with Gasteiger partial charge in [-0.05, 0) is 18.6 Å². The van der Waals surface area contributed by atoms with Gasteiger partial charge >= 0.3 is 0 Å². The number of amides is 1. The van der Waals surface area contributed by atoms with Crippen molar-refractivity contribution >= 4 is 11.6 Å². The van der Waals surface area contributed by atoms with E-state index in [4.69, 9.17) is 0 Å². The number of rotatable bonds is 1. The van der Waals surface area contributed by atoms with Crippen LogP contribution in [-0.4, -0.2) is 19.0 Å². The molecule has 0 bridgehead atoms. The van der Waals surface area contributed by atoms with E-state index in [0.717, 1.165) is 12.2 Å². The predicted molar refractivity (Wildman–Crippen MR) is 61.8 cm³/mol. The summed E-state index contributed by atoms with van der Waals surface area (Å²) in [6, 6.07) is 8.26. The molecule has 16 heavy (non-hydrogen) atoms. The van der Waals surface area contributed by atoms with Crippen molar-refractivity contribution in [3.8, 4) is 0 Å². The third-order valence-corrected chi connectivity index (χ3v) is 3.44. The third-order valence-electron chi connectivity index (χ3n) is 3.44.